The van der Waals surface area contributed by atoms with Gasteiger partial charge in [0.2, 0.25) is 0 Å². The molecule has 2 saturated heterocycles. The molecule has 14 heavy (non-hydrogen) atoms. The van der Waals surface area contributed by atoms with E-state index in [1.807, 2.05) is 0 Å². The summed E-state index contributed by atoms with van der Waals surface area (Å²) in [5, 5.41) is 3.35. The third kappa shape index (κ3) is 3.25. The van der Waals surface area contributed by atoms with Crippen molar-refractivity contribution in [2.75, 3.05) is 32.7 Å². The molecule has 0 aromatic carbocycles. The van der Waals surface area contributed by atoms with E-state index in [1.165, 1.54) is 71.2 Å². The Hall–Kier alpha value is -0.0800. The molecule has 2 heterocycles. The van der Waals surface area contributed by atoms with Crippen molar-refractivity contribution >= 4 is 0 Å². The number of hydrogen-bond acceptors (Lipinski definition) is 2. The fraction of sp³-hybridized carbons (Fsp3) is 1.00. The zero-order chi connectivity index (χ0) is 9.64. The van der Waals surface area contributed by atoms with Gasteiger partial charge in [-0.1, -0.05) is 12.8 Å². The van der Waals surface area contributed by atoms with Gasteiger partial charge in [0.1, 0.15) is 0 Å². The molecule has 2 aliphatic rings. The Morgan fingerprint density at radius 3 is 2.29 bits per heavy atom. The topological polar surface area (TPSA) is 15.3 Å². The lowest BCUT2D eigenvalue weighted by Gasteiger charge is -2.28. The highest BCUT2D eigenvalue weighted by atomic mass is 15.1. The molecule has 2 rings (SSSR count). The Morgan fingerprint density at radius 1 is 1.00 bits per heavy atom. The Kier molecular flexibility index (Phi) is 4.26. The van der Waals surface area contributed by atoms with Crippen molar-refractivity contribution in [3.8, 4) is 0 Å². The number of nitrogens with one attached hydrogen (secondary N) is 1. The second-order valence-electron chi connectivity index (χ2n) is 4.92. The molecule has 0 atom stereocenters. The van der Waals surface area contributed by atoms with E-state index in [-0.39, 0.29) is 0 Å². The molecule has 0 aromatic rings. The molecule has 0 unspecified atom stereocenters. The van der Waals surface area contributed by atoms with Gasteiger partial charge in [0, 0.05) is 0 Å². The van der Waals surface area contributed by atoms with E-state index in [9.17, 15) is 0 Å². The third-order valence-corrected chi connectivity index (χ3v) is 3.65. The van der Waals surface area contributed by atoms with Crippen LogP contribution in [0.1, 0.15) is 38.5 Å². The largest absolute Gasteiger partial charge is 0.316 e. The Morgan fingerprint density at radius 2 is 1.71 bits per heavy atom. The number of rotatable bonds is 4. The highest BCUT2D eigenvalue weighted by Gasteiger charge is 2.16. The zero-order valence-electron chi connectivity index (χ0n) is 9.30. The molecule has 0 saturated carbocycles. The molecule has 1 N–H and O–H groups in total. The minimum Gasteiger partial charge on any atom is -0.316 e. The van der Waals surface area contributed by atoms with Crippen LogP contribution < -0.4 is 5.32 Å². The van der Waals surface area contributed by atoms with Crippen molar-refractivity contribution in [1.29, 1.82) is 0 Å². The first-order valence-corrected chi connectivity index (χ1v) is 6.38. The summed E-state index contributed by atoms with van der Waals surface area (Å²) in [7, 11) is 0. The lowest BCUT2D eigenvalue weighted by Crippen LogP contribution is -2.42. The molecular formula is C12H24N2. The first kappa shape index (κ1) is 10.4. The van der Waals surface area contributed by atoms with Crippen molar-refractivity contribution in [1.82, 2.24) is 10.2 Å². The molecule has 2 nitrogen and oxygen atoms in total. The van der Waals surface area contributed by atoms with Crippen LogP contribution in [-0.2, 0) is 0 Å². The van der Waals surface area contributed by atoms with E-state index < -0.39 is 0 Å². The van der Waals surface area contributed by atoms with Crippen LogP contribution in [0.25, 0.3) is 0 Å². The Bertz CT molecular complexity index is 146. The fourth-order valence-electron chi connectivity index (χ4n) is 2.52. The van der Waals surface area contributed by atoms with Gasteiger partial charge in [-0.15, -0.1) is 0 Å². The van der Waals surface area contributed by atoms with Crippen LogP contribution in [0.3, 0.4) is 0 Å². The minimum atomic E-state index is 1.00. The second kappa shape index (κ2) is 5.72. The molecule has 0 bridgehead atoms. The summed E-state index contributed by atoms with van der Waals surface area (Å²) in [6.07, 6.45) is 8.66. The van der Waals surface area contributed by atoms with E-state index in [2.05, 4.69) is 10.2 Å². The average Bonchev–Trinajstić information content (AvgIpc) is 2.37. The van der Waals surface area contributed by atoms with E-state index in [0.717, 1.165) is 5.92 Å². The van der Waals surface area contributed by atoms with Gasteiger partial charge in [-0.25, -0.2) is 0 Å². The van der Waals surface area contributed by atoms with Crippen LogP contribution in [0.15, 0.2) is 0 Å². The molecular weight excluding hydrogens is 172 g/mol. The molecule has 0 radical (unpaired) electrons. The van der Waals surface area contributed by atoms with Crippen LogP contribution >= 0.6 is 0 Å². The van der Waals surface area contributed by atoms with E-state index in [0.29, 0.717) is 0 Å². The number of hydrogen-bond donors (Lipinski definition) is 1. The highest BCUT2D eigenvalue weighted by Crippen LogP contribution is 2.14. The molecule has 0 amide bonds. The summed E-state index contributed by atoms with van der Waals surface area (Å²) >= 11 is 0. The smallest absolute Gasteiger partial charge is 0.000825 e. The average molecular weight is 196 g/mol. The van der Waals surface area contributed by atoms with Gasteiger partial charge in [-0.05, 0) is 64.3 Å². The quantitative estimate of drug-likeness (QED) is 0.738. The molecule has 0 aliphatic carbocycles. The van der Waals surface area contributed by atoms with Crippen LogP contribution in [-0.4, -0.2) is 37.6 Å². The lowest BCUT2D eigenvalue weighted by molar-refractivity contribution is 0.252. The molecule has 0 aromatic heterocycles. The van der Waals surface area contributed by atoms with Crippen LogP contribution in [0.4, 0.5) is 0 Å². The van der Waals surface area contributed by atoms with Gasteiger partial charge in [-0.3, -0.25) is 0 Å². The maximum atomic E-state index is 3.35. The van der Waals surface area contributed by atoms with Gasteiger partial charge in [0.25, 0.3) is 0 Å². The molecule has 2 aliphatic heterocycles. The first-order chi connectivity index (χ1) is 6.95. The lowest BCUT2D eigenvalue weighted by atomic mass is 9.97. The maximum Gasteiger partial charge on any atom is -0.000825 e. The standard InChI is InChI=1S/C12H24N2/c1-2-4-8-14(7-3-1)9-5-6-12-10-13-11-12/h12-13H,1-11H2. The van der Waals surface area contributed by atoms with Crippen LogP contribution in [0, 0.1) is 5.92 Å². The summed E-state index contributed by atoms with van der Waals surface area (Å²) in [6.45, 7) is 6.64. The molecule has 2 fully saturated rings. The second-order valence-corrected chi connectivity index (χ2v) is 4.92. The maximum absolute atomic E-state index is 3.35. The number of nitrogens with zero attached hydrogens (tertiary/aromatic N) is 1. The van der Waals surface area contributed by atoms with Gasteiger partial charge >= 0.3 is 0 Å². The van der Waals surface area contributed by atoms with E-state index in [4.69, 9.17) is 0 Å². The van der Waals surface area contributed by atoms with Crippen LogP contribution in [0.2, 0.25) is 0 Å². The summed E-state index contributed by atoms with van der Waals surface area (Å²) in [5.41, 5.74) is 0. The van der Waals surface area contributed by atoms with Crippen LogP contribution in [0.5, 0.6) is 0 Å². The monoisotopic (exact) mass is 196 g/mol. The first-order valence-electron chi connectivity index (χ1n) is 6.38. The zero-order valence-corrected chi connectivity index (χ0v) is 9.30. The van der Waals surface area contributed by atoms with Gasteiger partial charge in [0.05, 0.1) is 0 Å². The minimum absolute atomic E-state index is 1.00. The SMILES string of the molecule is C1CCCN(CCCC2CNC2)CC1. The van der Waals surface area contributed by atoms with Gasteiger partial charge in [-0.2, -0.15) is 0 Å². The van der Waals surface area contributed by atoms with Crippen molar-refractivity contribution in [3.05, 3.63) is 0 Å². The molecule has 82 valence electrons. The summed E-state index contributed by atoms with van der Waals surface area (Å²) in [5.74, 6) is 1.00. The highest BCUT2D eigenvalue weighted by molar-refractivity contribution is 4.75. The number of likely N-dealkylation sites (tertiary alicyclic amines) is 1. The van der Waals surface area contributed by atoms with E-state index in [1.54, 1.807) is 0 Å². The molecule has 2 heteroatoms. The van der Waals surface area contributed by atoms with Crippen molar-refractivity contribution < 1.29 is 0 Å². The van der Waals surface area contributed by atoms with Gasteiger partial charge in [0.15, 0.2) is 0 Å². The normalized spacial score (nSPS) is 25.7. The van der Waals surface area contributed by atoms with Crippen molar-refractivity contribution in [2.24, 2.45) is 5.92 Å². The summed E-state index contributed by atoms with van der Waals surface area (Å²) in [4.78, 5) is 2.68. The van der Waals surface area contributed by atoms with Crippen molar-refractivity contribution in [2.45, 2.75) is 38.5 Å². The molecule has 0 spiro atoms. The summed E-state index contributed by atoms with van der Waals surface area (Å²) < 4.78 is 0. The van der Waals surface area contributed by atoms with E-state index >= 15 is 0 Å². The Labute approximate surface area is 88.1 Å². The Balaban J connectivity index is 1.54. The third-order valence-electron chi connectivity index (χ3n) is 3.65. The predicted octanol–water partition coefficient (Wildman–Crippen LogP) is 1.86. The summed E-state index contributed by atoms with van der Waals surface area (Å²) in [6, 6.07) is 0. The predicted molar refractivity (Wildman–Crippen MR) is 60.5 cm³/mol. The van der Waals surface area contributed by atoms with Crippen molar-refractivity contribution in [3.63, 3.8) is 0 Å². The van der Waals surface area contributed by atoms with Gasteiger partial charge < -0.3 is 10.2 Å². The fourth-order valence-corrected chi connectivity index (χ4v) is 2.52.